The van der Waals surface area contributed by atoms with Crippen molar-refractivity contribution in [2.45, 2.75) is 91.4 Å². The summed E-state index contributed by atoms with van der Waals surface area (Å²) in [5, 5.41) is 0. The minimum Gasteiger partial charge on any atom is -0.460 e. The van der Waals surface area contributed by atoms with Crippen LogP contribution in [0.2, 0.25) is 0 Å². The number of nitrogens with zero attached hydrogens (tertiary/aromatic N) is 1. The maximum absolute atomic E-state index is 13.5. The lowest BCUT2D eigenvalue weighted by Gasteiger charge is -2.27. The standard InChI is InChI=1S/C25H37NO5/c1-7-8-12-17(2)15-20(16-21(27)31-25(4,5)6)23(28)26-18(3)22(30-24(26)29)19-13-10-9-11-14-19/h9-11,13-14,17-18,20,22H,7-8,12,15-16H2,1-6H3/t17-,18+,20-,22+/m0/s1. The molecule has 1 saturated heterocycles. The first kappa shape index (κ1) is 24.9. The van der Waals surface area contributed by atoms with Gasteiger partial charge in [-0.1, -0.05) is 63.4 Å². The molecule has 1 aliphatic heterocycles. The number of esters is 1. The Hall–Kier alpha value is -2.37. The average Bonchev–Trinajstić information content (AvgIpc) is 2.98. The Morgan fingerprint density at radius 1 is 1.19 bits per heavy atom. The topological polar surface area (TPSA) is 72.9 Å². The van der Waals surface area contributed by atoms with Crippen molar-refractivity contribution in [3.63, 3.8) is 0 Å². The van der Waals surface area contributed by atoms with Crippen molar-refractivity contribution in [3.8, 4) is 0 Å². The summed E-state index contributed by atoms with van der Waals surface area (Å²) in [6.45, 7) is 11.4. The fraction of sp³-hybridized carbons (Fsp3) is 0.640. The van der Waals surface area contributed by atoms with Gasteiger partial charge in [0.15, 0.2) is 0 Å². The third-order valence-electron chi connectivity index (χ3n) is 5.56. The van der Waals surface area contributed by atoms with Gasteiger partial charge in [-0.2, -0.15) is 0 Å². The lowest BCUT2D eigenvalue weighted by molar-refractivity contribution is -0.158. The van der Waals surface area contributed by atoms with Crippen molar-refractivity contribution >= 4 is 18.0 Å². The highest BCUT2D eigenvalue weighted by Gasteiger charge is 2.45. The molecular formula is C25H37NO5. The molecule has 1 aromatic carbocycles. The summed E-state index contributed by atoms with van der Waals surface area (Å²) < 4.78 is 11.0. The van der Waals surface area contributed by atoms with Crippen molar-refractivity contribution < 1.29 is 23.9 Å². The first-order valence-electron chi connectivity index (χ1n) is 11.3. The number of cyclic esters (lactones) is 1. The molecule has 0 radical (unpaired) electrons. The van der Waals surface area contributed by atoms with Crippen LogP contribution >= 0.6 is 0 Å². The van der Waals surface area contributed by atoms with Crippen molar-refractivity contribution in [1.82, 2.24) is 4.90 Å². The van der Waals surface area contributed by atoms with E-state index in [2.05, 4.69) is 13.8 Å². The van der Waals surface area contributed by atoms with Gasteiger partial charge in [-0.15, -0.1) is 0 Å². The summed E-state index contributed by atoms with van der Waals surface area (Å²) in [4.78, 5) is 39.8. The summed E-state index contributed by atoms with van der Waals surface area (Å²) in [6, 6.07) is 8.96. The smallest absolute Gasteiger partial charge is 0.417 e. The third-order valence-corrected chi connectivity index (χ3v) is 5.56. The Labute approximate surface area is 186 Å². The van der Waals surface area contributed by atoms with Gasteiger partial charge in [0.1, 0.15) is 11.7 Å². The van der Waals surface area contributed by atoms with Crippen LogP contribution in [0.25, 0.3) is 0 Å². The molecule has 1 fully saturated rings. The zero-order valence-electron chi connectivity index (χ0n) is 19.7. The SMILES string of the molecule is CCCC[C@H](C)C[C@@H](CC(=O)OC(C)(C)C)C(=O)N1C(=O)O[C@@H](c2ccccc2)[C@H]1C. The maximum Gasteiger partial charge on any atom is 0.417 e. The predicted octanol–water partition coefficient (Wildman–Crippen LogP) is 5.66. The van der Waals surface area contributed by atoms with E-state index in [-0.39, 0.29) is 18.2 Å². The first-order valence-corrected chi connectivity index (χ1v) is 11.3. The number of unbranched alkanes of at least 4 members (excludes halogenated alkanes) is 1. The molecule has 1 heterocycles. The molecule has 0 unspecified atom stereocenters. The number of rotatable bonds is 9. The van der Waals surface area contributed by atoms with E-state index in [9.17, 15) is 14.4 Å². The van der Waals surface area contributed by atoms with Crippen LogP contribution in [0, 0.1) is 11.8 Å². The molecule has 31 heavy (non-hydrogen) atoms. The van der Waals surface area contributed by atoms with E-state index in [0.29, 0.717) is 6.42 Å². The summed E-state index contributed by atoms with van der Waals surface area (Å²) in [5.41, 5.74) is 0.218. The van der Waals surface area contributed by atoms with Crippen molar-refractivity contribution in [3.05, 3.63) is 35.9 Å². The Morgan fingerprint density at radius 2 is 1.84 bits per heavy atom. The third kappa shape index (κ3) is 7.08. The van der Waals surface area contributed by atoms with Crippen LogP contribution in [-0.2, 0) is 19.1 Å². The number of carbonyl (C=O) groups is 3. The molecule has 2 rings (SSSR count). The molecule has 1 aromatic rings. The molecule has 0 bridgehead atoms. The van der Waals surface area contributed by atoms with Gasteiger partial charge in [0.05, 0.1) is 12.5 Å². The van der Waals surface area contributed by atoms with E-state index in [1.165, 1.54) is 4.90 Å². The fourth-order valence-corrected chi connectivity index (χ4v) is 4.05. The van der Waals surface area contributed by atoms with E-state index in [0.717, 1.165) is 24.8 Å². The zero-order valence-corrected chi connectivity index (χ0v) is 19.7. The lowest BCUT2D eigenvalue weighted by atomic mass is 9.88. The van der Waals surface area contributed by atoms with Crippen molar-refractivity contribution in [2.75, 3.05) is 0 Å². The van der Waals surface area contributed by atoms with Crippen LogP contribution in [0.15, 0.2) is 30.3 Å². The van der Waals surface area contributed by atoms with Crippen LogP contribution < -0.4 is 0 Å². The molecule has 1 aliphatic rings. The zero-order chi connectivity index (χ0) is 23.2. The Bertz CT molecular complexity index is 755. The van der Waals surface area contributed by atoms with Crippen LogP contribution in [0.1, 0.15) is 85.3 Å². The molecule has 0 aliphatic carbocycles. The van der Waals surface area contributed by atoms with Gasteiger partial charge in [-0.25, -0.2) is 9.69 Å². The number of imide groups is 1. The predicted molar refractivity (Wildman–Crippen MR) is 119 cm³/mol. The van der Waals surface area contributed by atoms with E-state index in [1.54, 1.807) is 20.8 Å². The normalized spacial score (nSPS) is 20.8. The Kier molecular flexibility index (Phi) is 8.66. The van der Waals surface area contributed by atoms with Gasteiger partial charge >= 0.3 is 12.1 Å². The highest BCUT2D eigenvalue weighted by atomic mass is 16.6. The number of hydrogen-bond acceptors (Lipinski definition) is 5. The van der Waals surface area contributed by atoms with E-state index in [4.69, 9.17) is 9.47 Å². The number of ether oxygens (including phenoxy) is 2. The van der Waals surface area contributed by atoms with E-state index in [1.807, 2.05) is 37.3 Å². The Balaban J connectivity index is 2.19. The minimum atomic E-state index is -0.651. The number of amides is 2. The number of hydrogen-bond donors (Lipinski definition) is 0. The van der Waals surface area contributed by atoms with Gasteiger partial charge in [-0.05, 0) is 45.6 Å². The monoisotopic (exact) mass is 431 g/mol. The molecule has 0 N–H and O–H groups in total. The van der Waals surface area contributed by atoms with Crippen LogP contribution in [0.3, 0.4) is 0 Å². The van der Waals surface area contributed by atoms with Crippen LogP contribution in [0.4, 0.5) is 4.79 Å². The maximum atomic E-state index is 13.5. The molecule has 0 aromatic heterocycles. The summed E-state index contributed by atoms with van der Waals surface area (Å²) >= 11 is 0. The molecule has 4 atom stereocenters. The number of benzene rings is 1. The summed E-state index contributed by atoms with van der Waals surface area (Å²) in [6.07, 6.45) is 2.43. The van der Waals surface area contributed by atoms with Crippen molar-refractivity contribution in [2.24, 2.45) is 11.8 Å². The average molecular weight is 432 g/mol. The molecule has 0 spiro atoms. The van der Waals surface area contributed by atoms with Gasteiger partial charge in [0.2, 0.25) is 5.91 Å². The highest BCUT2D eigenvalue weighted by Crippen LogP contribution is 2.35. The molecule has 172 valence electrons. The summed E-state index contributed by atoms with van der Waals surface area (Å²) in [7, 11) is 0. The van der Waals surface area contributed by atoms with Gasteiger partial charge in [0, 0.05) is 5.92 Å². The number of carbonyl (C=O) groups excluding carboxylic acids is 3. The van der Waals surface area contributed by atoms with Crippen molar-refractivity contribution in [1.29, 1.82) is 0 Å². The fourth-order valence-electron chi connectivity index (χ4n) is 4.05. The first-order chi connectivity index (χ1) is 14.5. The molecule has 6 heteroatoms. The van der Waals surface area contributed by atoms with E-state index < -0.39 is 35.7 Å². The van der Waals surface area contributed by atoms with Crippen LogP contribution in [-0.4, -0.2) is 34.5 Å². The minimum absolute atomic E-state index is 0.0426. The van der Waals surface area contributed by atoms with Crippen LogP contribution in [0.5, 0.6) is 0 Å². The molecule has 6 nitrogen and oxygen atoms in total. The molecule has 2 amide bonds. The highest BCUT2D eigenvalue weighted by molar-refractivity contribution is 5.96. The second-order valence-corrected chi connectivity index (χ2v) is 9.63. The second-order valence-electron chi connectivity index (χ2n) is 9.63. The quantitative estimate of drug-likeness (QED) is 0.472. The Morgan fingerprint density at radius 3 is 2.42 bits per heavy atom. The van der Waals surface area contributed by atoms with Gasteiger partial charge in [-0.3, -0.25) is 9.59 Å². The van der Waals surface area contributed by atoms with Gasteiger partial charge in [0.25, 0.3) is 0 Å². The molecular weight excluding hydrogens is 394 g/mol. The van der Waals surface area contributed by atoms with E-state index >= 15 is 0 Å². The summed E-state index contributed by atoms with van der Waals surface area (Å²) in [5.74, 6) is -1.14. The molecule has 0 saturated carbocycles. The second kappa shape index (κ2) is 10.8. The largest absolute Gasteiger partial charge is 0.460 e. The van der Waals surface area contributed by atoms with Gasteiger partial charge < -0.3 is 9.47 Å². The lowest BCUT2D eigenvalue weighted by Crippen LogP contribution is -2.43.